The highest BCUT2D eigenvalue weighted by molar-refractivity contribution is 5.93. The maximum absolute atomic E-state index is 6.05. The first kappa shape index (κ1) is 14.6. The van der Waals surface area contributed by atoms with E-state index in [9.17, 15) is 0 Å². The van der Waals surface area contributed by atoms with Crippen LogP contribution >= 0.6 is 0 Å². The molecule has 0 saturated heterocycles. The van der Waals surface area contributed by atoms with Crippen LogP contribution in [0.2, 0.25) is 0 Å². The monoisotopic (exact) mass is 294 g/mol. The number of aliphatic imine (C=N–C) groups is 1. The van der Waals surface area contributed by atoms with E-state index < -0.39 is 0 Å². The number of pyridine rings is 1. The molecule has 22 heavy (non-hydrogen) atoms. The van der Waals surface area contributed by atoms with Crippen LogP contribution in [-0.2, 0) is 19.4 Å². The maximum atomic E-state index is 6.05. The first-order valence-electron chi connectivity index (χ1n) is 7.82. The summed E-state index contributed by atoms with van der Waals surface area (Å²) in [5.41, 5.74) is 12.1. The zero-order valence-corrected chi connectivity index (χ0v) is 13.0. The Morgan fingerprint density at radius 2 is 2.09 bits per heavy atom. The predicted molar refractivity (Wildman–Crippen MR) is 91.0 cm³/mol. The van der Waals surface area contributed by atoms with E-state index in [1.807, 2.05) is 19.1 Å². The summed E-state index contributed by atoms with van der Waals surface area (Å²) in [6.07, 6.45) is 6.59. The molecule has 2 aromatic rings. The van der Waals surface area contributed by atoms with Crippen molar-refractivity contribution in [2.45, 2.75) is 39.2 Å². The number of nitrogens with zero attached hydrogens (tertiary/aromatic N) is 2. The molecule has 1 aliphatic rings. The van der Waals surface area contributed by atoms with Gasteiger partial charge in [-0.25, -0.2) is 4.99 Å². The third-order valence-electron chi connectivity index (χ3n) is 4.18. The molecule has 1 aromatic carbocycles. The minimum Gasteiger partial charge on any atom is -0.370 e. The fraction of sp³-hybridized carbons (Fsp3) is 0.333. The number of anilines is 1. The van der Waals surface area contributed by atoms with Gasteiger partial charge in [-0.05, 0) is 61.4 Å². The highest BCUT2D eigenvalue weighted by atomic mass is 15.1. The van der Waals surface area contributed by atoms with Crippen molar-refractivity contribution < 1.29 is 0 Å². The lowest BCUT2D eigenvalue weighted by Gasteiger charge is -2.19. The summed E-state index contributed by atoms with van der Waals surface area (Å²) >= 11 is 0. The lowest BCUT2D eigenvalue weighted by molar-refractivity contribution is 0.687. The largest absolute Gasteiger partial charge is 0.370 e. The molecule has 3 rings (SSSR count). The van der Waals surface area contributed by atoms with Gasteiger partial charge >= 0.3 is 0 Å². The number of aromatic nitrogens is 1. The number of nitrogens with two attached hydrogens (primary N) is 1. The SMILES string of the molecule is Cc1cccnc1CN=C(N)Nc1cccc2c1CCCC2. The molecule has 1 heterocycles. The van der Waals surface area contributed by atoms with E-state index in [-0.39, 0.29) is 0 Å². The summed E-state index contributed by atoms with van der Waals surface area (Å²) < 4.78 is 0. The summed E-state index contributed by atoms with van der Waals surface area (Å²) in [7, 11) is 0. The molecule has 1 aromatic heterocycles. The van der Waals surface area contributed by atoms with Gasteiger partial charge in [-0.1, -0.05) is 18.2 Å². The van der Waals surface area contributed by atoms with Crippen LogP contribution in [-0.4, -0.2) is 10.9 Å². The average molecular weight is 294 g/mol. The van der Waals surface area contributed by atoms with Crippen molar-refractivity contribution in [3.05, 3.63) is 58.9 Å². The van der Waals surface area contributed by atoms with Gasteiger partial charge in [0.1, 0.15) is 0 Å². The van der Waals surface area contributed by atoms with Crippen LogP contribution in [0, 0.1) is 6.92 Å². The van der Waals surface area contributed by atoms with Crippen molar-refractivity contribution in [2.75, 3.05) is 5.32 Å². The fourth-order valence-corrected chi connectivity index (χ4v) is 2.92. The second kappa shape index (κ2) is 6.60. The molecular formula is C18H22N4. The molecule has 114 valence electrons. The normalized spacial score (nSPS) is 14.5. The first-order chi connectivity index (χ1) is 10.7. The van der Waals surface area contributed by atoms with Crippen LogP contribution in [0.25, 0.3) is 0 Å². The molecule has 0 fully saturated rings. The van der Waals surface area contributed by atoms with Gasteiger partial charge in [0, 0.05) is 11.9 Å². The standard InChI is InChI=1S/C18H22N4/c1-13-6-5-11-20-17(13)12-21-18(19)22-16-10-4-8-14-7-2-3-9-15(14)16/h4-6,8,10-11H,2-3,7,9,12H2,1H3,(H3,19,21,22). The van der Waals surface area contributed by atoms with E-state index in [1.165, 1.54) is 24.0 Å². The Bertz CT molecular complexity index is 691. The Balaban J connectivity index is 1.73. The van der Waals surface area contributed by atoms with Crippen LogP contribution in [0.3, 0.4) is 0 Å². The van der Waals surface area contributed by atoms with Gasteiger partial charge in [-0.3, -0.25) is 4.98 Å². The predicted octanol–water partition coefficient (Wildman–Crippen LogP) is 3.20. The summed E-state index contributed by atoms with van der Waals surface area (Å²) in [6.45, 7) is 2.54. The van der Waals surface area contributed by atoms with Crippen molar-refractivity contribution in [1.82, 2.24) is 4.98 Å². The second-order valence-electron chi connectivity index (χ2n) is 5.74. The van der Waals surface area contributed by atoms with Gasteiger partial charge in [0.15, 0.2) is 5.96 Å². The Labute approximate surface area is 131 Å². The van der Waals surface area contributed by atoms with E-state index in [2.05, 4.69) is 33.5 Å². The van der Waals surface area contributed by atoms with E-state index in [0.29, 0.717) is 12.5 Å². The van der Waals surface area contributed by atoms with E-state index in [1.54, 1.807) is 6.20 Å². The third-order valence-corrected chi connectivity index (χ3v) is 4.18. The van der Waals surface area contributed by atoms with E-state index in [0.717, 1.165) is 29.8 Å². The Morgan fingerprint density at radius 3 is 2.95 bits per heavy atom. The molecule has 0 atom stereocenters. The average Bonchev–Trinajstić information content (AvgIpc) is 2.54. The minimum absolute atomic E-state index is 0.448. The van der Waals surface area contributed by atoms with Crippen LogP contribution in [0.5, 0.6) is 0 Å². The molecular weight excluding hydrogens is 272 g/mol. The van der Waals surface area contributed by atoms with Crippen molar-refractivity contribution in [2.24, 2.45) is 10.7 Å². The smallest absolute Gasteiger partial charge is 0.193 e. The molecule has 0 saturated carbocycles. The number of rotatable bonds is 3. The van der Waals surface area contributed by atoms with Crippen LogP contribution in [0.1, 0.15) is 35.2 Å². The number of benzene rings is 1. The molecule has 4 heteroatoms. The van der Waals surface area contributed by atoms with Gasteiger partial charge < -0.3 is 11.1 Å². The lowest BCUT2D eigenvalue weighted by Crippen LogP contribution is -2.24. The van der Waals surface area contributed by atoms with Gasteiger partial charge in [0.2, 0.25) is 0 Å². The molecule has 0 aliphatic heterocycles. The lowest BCUT2D eigenvalue weighted by atomic mass is 9.90. The Hall–Kier alpha value is -2.36. The quantitative estimate of drug-likeness (QED) is 0.675. The number of nitrogens with one attached hydrogen (secondary N) is 1. The van der Waals surface area contributed by atoms with Crippen molar-refractivity contribution in [3.63, 3.8) is 0 Å². The van der Waals surface area contributed by atoms with Gasteiger partial charge in [-0.15, -0.1) is 0 Å². The Morgan fingerprint density at radius 1 is 1.23 bits per heavy atom. The summed E-state index contributed by atoms with van der Waals surface area (Å²) in [6, 6.07) is 10.3. The Kier molecular flexibility index (Phi) is 4.37. The highest BCUT2D eigenvalue weighted by Gasteiger charge is 2.13. The van der Waals surface area contributed by atoms with Crippen molar-refractivity contribution in [3.8, 4) is 0 Å². The number of aryl methyl sites for hydroxylation is 2. The molecule has 0 spiro atoms. The minimum atomic E-state index is 0.448. The summed E-state index contributed by atoms with van der Waals surface area (Å²) in [5.74, 6) is 0.448. The zero-order valence-electron chi connectivity index (χ0n) is 13.0. The van der Waals surface area contributed by atoms with Gasteiger partial charge in [0.25, 0.3) is 0 Å². The van der Waals surface area contributed by atoms with Gasteiger partial charge in [0.05, 0.1) is 12.2 Å². The molecule has 0 amide bonds. The van der Waals surface area contributed by atoms with Gasteiger partial charge in [-0.2, -0.15) is 0 Å². The van der Waals surface area contributed by atoms with Crippen LogP contribution in [0.4, 0.5) is 5.69 Å². The number of hydrogen-bond acceptors (Lipinski definition) is 2. The van der Waals surface area contributed by atoms with Crippen molar-refractivity contribution >= 4 is 11.6 Å². The van der Waals surface area contributed by atoms with E-state index >= 15 is 0 Å². The molecule has 3 N–H and O–H groups in total. The van der Waals surface area contributed by atoms with E-state index in [4.69, 9.17) is 5.73 Å². The molecule has 0 unspecified atom stereocenters. The van der Waals surface area contributed by atoms with Crippen LogP contribution in [0.15, 0.2) is 41.5 Å². The number of fused-ring (bicyclic) bond motifs is 1. The molecule has 1 aliphatic carbocycles. The zero-order chi connectivity index (χ0) is 15.4. The number of hydrogen-bond donors (Lipinski definition) is 2. The third kappa shape index (κ3) is 3.27. The summed E-state index contributed by atoms with van der Waals surface area (Å²) in [4.78, 5) is 8.76. The topological polar surface area (TPSA) is 63.3 Å². The summed E-state index contributed by atoms with van der Waals surface area (Å²) in [5, 5.41) is 3.26. The van der Waals surface area contributed by atoms with Crippen LogP contribution < -0.4 is 11.1 Å². The maximum Gasteiger partial charge on any atom is 0.193 e. The van der Waals surface area contributed by atoms with Crippen molar-refractivity contribution in [1.29, 1.82) is 0 Å². The molecule has 0 radical (unpaired) electrons. The molecule has 0 bridgehead atoms. The fourth-order valence-electron chi connectivity index (χ4n) is 2.92. The number of guanidine groups is 1. The molecule has 4 nitrogen and oxygen atoms in total. The first-order valence-corrected chi connectivity index (χ1v) is 7.82. The highest BCUT2D eigenvalue weighted by Crippen LogP contribution is 2.27. The second-order valence-corrected chi connectivity index (χ2v) is 5.74.